The predicted octanol–water partition coefficient (Wildman–Crippen LogP) is 3.43. The first-order chi connectivity index (χ1) is 13.0. The lowest BCUT2D eigenvalue weighted by Crippen LogP contribution is -2.51. The number of carbonyl (C=O) groups excluding carboxylic acids is 2. The normalized spacial score (nSPS) is 14.3. The molecule has 0 radical (unpaired) electrons. The highest BCUT2D eigenvalue weighted by Gasteiger charge is 2.24. The summed E-state index contributed by atoms with van der Waals surface area (Å²) in [5.41, 5.74) is 1.92. The average molecular weight is 433 g/mol. The Morgan fingerprint density at radius 2 is 1.48 bits per heavy atom. The van der Waals surface area contributed by atoms with Crippen molar-refractivity contribution in [3.05, 3.63) is 69.9 Å². The fraction of sp³-hybridized carbons (Fsp3) is 0.333. The smallest absolute Gasteiger partial charge is 0.227 e. The van der Waals surface area contributed by atoms with Crippen molar-refractivity contribution in [3.8, 4) is 0 Å². The number of aryl methyl sites for hydroxylation is 1. The Kier molecular flexibility index (Phi) is 6.61. The summed E-state index contributed by atoms with van der Waals surface area (Å²) in [7, 11) is 0. The first kappa shape index (κ1) is 19.5. The summed E-state index contributed by atoms with van der Waals surface area (Å²) in [5, 5.41) is 0. The van der Waals surface area contributed by atoms with Gasteiger partial charge in [0, 0.05) is 37.1 Å². The Labute approximate surface area is 167 Å². The summed E-state index contributed by atoms with van der Waals surface area (Å²) in [5.74, 6) is -0.167. The molecule has 0 aromatic heterocycles. The van der Waals surface area contributed by atoms with E-state index in [0.717, 1.165) is 15.6 Å². The number of halogens is 2. The summed E-state index contributed by atoms with van der Waals surface area (Å²) >= 11 is 3.51. The van der Waals surface area contributed by atoms with Crippen LogP contribution < -0.4 is 0 Å². The third-order valence-electron chi connectivity index (χ3n) is 4.82. The Hall–Kier alpha value is -2.21. The molecular formula is C21H22BrFN2O2. The van der Waals surface area contributed by atoms with E-state index >= 15 is 0 Å². The molecule has 1 saturated heterocycles. The topological polar surface area (TPSA) is 40.6 Å². The largest absolute Gasteiger partial charge is 0.339 e. The Bertz CT molecular complexity index is 802. The zero-order valence-corrected chi connectivity index (χ0v) is 16.6. The second-order valence-corrected chi connectivity index (χ2v) is 7.51. The molecule has 0 unspecified atom stereocenters. The van der Waals surface area contributed by atoms with Gasteiger partial charge in [-0.15, -0.1) is 0 Å². The molecule has 0 bridgehead atoms. The van der Waals surface area contributed by atoms with Crippen LogP contribution in [0.4, 0.5) is 4.39 Å². The van der Waals surface area contributed by atoms with E-state index in [1.54, 1.807) is 17.0 Å². The molecule has 1 fully saturated rings. The van der Waals surface area contributed by atoms with Crippen LogP contribution in [-0.4, -0.2) is 47.8 Å². The molecule has 2 amide bonds. The Morgan fingerprint density at radius 1 is 0.889 bits per heavy atom. The molecule has 2 aromatic carbocycles. The fourth-order valence-corrected chi connectivity index (χ4v) is 3.68. The minimum absolute atomic E-state index is 0.0157. The minimum atomic E-state index is -0.305. The van der Waals surface area contributed by atoms with Crippen LogP contribution in [0.1, 0.15) is 17.5 Å². The number of carbonyl (C=O) groups is 2. The number of piperazine rings is 1. The predicted molar refractivity (Wildman–Crippen MR) is 106 cm³/mol. The van der Waals surface area contributed by atoms with E-state index in [1.165, 1.54) is 12.1 Å². The van der Waals surface area contributed by atoms with E-state index in [-0.39, 0.29) is 24.1 Å². The lowest BCUT2D eigenvalue weighted by Gasteiger charge is -2.35. The molecule has 27 heavy (non-hydrogen) atoms. The van der Waals surface area contributed by atoms with Gasteiger partial charge in [0.25, 0.3) is 0 Å². The summed E-state index contributed by atoms with van der Waals surface area (Å²) in [6.45, 7) is 2.20. The maximum absolute atomic E-state index is 13.0. The quantitative estimate of drug-likeness (QED) is 0.725. The molecule has 3 rings (SSSR count). The van der Waals surface area contributed by atoms with Gasteiger partial charge in [0.05, 0.1) is 6.42 Å². The first-order valence-corrected chi connectivity index (χ1v) is 9.85. The number of benzene rings is 2. The van der Waals surface area contributed by atoms with E-state index in [1.807, 2.05) is 29.2 Å². The van der Waals surface area contributed by atoms with Crippen molar-refractivity contribution in [1.82, 2.24) is 9.80 Å². The minimum Gasteiger partial charge on any atom is -0.339 e. The summed E-state index contributed by atoms with van der Waals surface area (Å²) in [4.78, 5) is 28.5. The molecule has 0 N–H and O–H groups in total. The fourth-order valence-electron chi connectivity index (χ4n) is 3.19. The molecule has 142 valence electrons. The molecule has 4 nitrogen and oxygen atoms in total. The van der Waals surface area contributed by atoms with Gasteiger partial charge in [0.15, 0.2) is 0 Å². The zero-order valence-electron chi connectivity index (χ0n) is 15.0. The van der Waals surface area contributed by atoms with Crippen LogP contribution in [0.2, 0.25) is 0 Å². The van der Waals surface area contributed by atoms with Crippen molar-refractivity contribution in [3.63, 3.8) is 0 Å². The standard InChI is InChI=1S/C21H22BrFN2O2/c22-19-4-2-1-3-17(19)7-10-20(26)24-11-13-25(14-12-24)21(27)15-16-5-8-18(23)9-6-16/h1-6,8-9H,7,10-15H2. The van der Waals surface area contributed by atoms with Crippen molar-refractivity contribution < 1.29 is 14.0 Å². The molecule has 1 aliphatic heterocycles. The number of hydrogen-bond acceptors (Lipinski definition) is 2. The summed E-state index contributed by atoms with van der Waals surface area (Å²) in [6, 6.07) is 13.9. The van der Waals surface area contributed by atoms with Gasteiger partial charge in [-0.05, 0) is 35.7 Å². The summed E-state index contributed by atoms with van der Waals surface area (Å²) in [6.07, 6.45) is 1.42. The zero-order chi connectivity index (χ0) is 19.2. The van der Waals surface area contributed by atoms with Gasteiger partial charge in [-0.2, -0.15) is 0 Å². The third-order valence-corrected chi connectivity index (χ3v) is 5.59. The monoisotopic (exact) mass is 432 g/mol. The maximum atomic E-state index is 13.0. The molecular weight excluding hydrogens is 411 g/mol. The number of amides is 2. The molecule has 0 spiro atoms. The van der Waals surface area contributed by atoms with Crippen molar-refractivity contribution in [2.24, 2.45) is 0 Å². The Morgan fingerprint density at radius 3 is 2.11 bits per heavy atom. The van der Waals surface area contributed by atoms with Gasteiger partial charge >= 0.3 is 0 Å². The van der Waals surface area contributed by atoms with Crippen molar-refractivity contribution >= 4 is 27.7 Å². The van der Waals surface area contributed by atoms with Gasteiger partial charge in [-0.25, -0.2) is 4.39 Å². The molecule has 0 saturated carbocycles. The third kappa shape index (κ3) is 5.39. The van der Waals surface area contributed by atoms with Crippen LogP contribution in [0, 0.1) is 5.82 Å². The lowest BCUT2D eigenvalue weighted by molar-refractivity contribution is -0.139. The van der Waals surface area contributed by atoms with E-state index in [9.17, 15) is 14.0 Å². The number of rotatable bonds is 5. The van der Waals surface area contributed by atoms with Crippen molar-refractivity contribution in [1.29, 1.82) is 0 Å². The number of nitrogens with zero attached hydrogens (tertiary/aromatic N) is 2. The molecule has 0 aliphatic carbocycles. The van der Waals surface area contributed by atoms with Crippen LogP contribution in [0.3, 0.4) is 0 Å². The maximum Gasteiger partial charge on any atom is 0.227 e. The van der Waals surface area contributed by atoms with Crippen LogP contribution >= 0.6 is 15.9 Å². The first-order valence-electron chi connectivity index (χ1n) is 9.06. The van der Waals surface area contributed by atoms with Crippen LogP contribution in [0.5, 0.6) is 0 Å². The van der Waals surface area contributed by atoms with E-state index < -0.39 is 0 Å². The van der Waals surface area contributed by atoms with Gasteiger partial charge < -0.3 is 9.80 Å². The van der Waals surface area contributed by atoms with E-state index in [0.29, 0.717) is 39.0 Å². The number of hydrogen-bond donors (Lipinski definition) is 0. The molecule has 2 aromatic rings. The van der Waals surface area contributed by atoms with Crippen LogP contribution in [0.25, 0.3) is 0 Å². The molecule has 6 heteroatoms. The van der Waals surface area contributed by atoms with Crippen molar-refractivity contribution in [2.75, 3.05) is 26.2 Å². The molecule has 1 aliphatic rings. The van der Waals surface area contributed by atoms with Gasteiger partial charge in [0.1, 0.15) is 5.82 Å². The van der Waals surface area contributed by atoms with E-state index in [2.05, 4.69) is 15.9 Å². The second kappa shape index (κ2) is 9.13. The van der Waals surface area contributed by atoms with Crippen LogP contribution in [-0.2, 0) is 22.4 Å². The Balaban J connectivity index is 1.45. The lowest BCUT2D eigenvalue weighted by atomic mass is 10.1. The van der Waals surface area contributed by atoms with Crippen LogP contribution in [0.15, 0.2) is 53.0 Å². The molecule has 0 atom stereocenters. The average Bonchev–Trinajstić information content (AvgIpc) is 2.69. The van der Waals surface area contributed by atoms with Gasteiger partial charge in [0.2, 0.25) is 11.8 Å². The molecule has 1 heterocycles. The highest BCUT2D eigenvalue weighted by atomic mass is 79.9. The highest BCUT2D eigenvalue weighted by Crippen LogP contribution is 2.18. The summed E-state index contributed by atoms with van der Waals surface area (Å²) < 4.78 is 14.0. The van der Waals surface area contributed by atoms with Gasteiger partial charge in [-0.1, -0.05) is 46.3 Å². The SMILES string of the molecule is O=C(CCc1ccccc1Br)N1CCN(C(=O)Cc2ccc(F)cc2)CC1. The van der Waals surface area contributed by atoms with E-state index in [4.69, 9.17) is 0 Å². The second-order valence-electron chi connectivity index (χ2n) is 6.66. The van der Waals surface area contributed by atoms with Gasteiger partial charge in [-0.3, -0.25) is 9.59 Å². The highest BCUT2D eigenvalue weighted by molar-refractivity contribution is 9.10. The van der Waals surface area contributed by atoms with Crippen molar-refractivity contribution in [2.45, 2.75) is 19.3 Å².